The summed E-state index contributed by atoms with van der Waals surface area (Å²) in [7, 11) is -3.51. The molecule has 0 aliphatic carbocycles. The Morgan fingerprint density at radius 2 is 2.29 bits per heavy atom. The van der Waals surface area contributed by atoms with Crippen LogP contribution in [0, 0.1) is 0 Å². The maximum atomic E-state index is 11.8. The van der Waals surface area contributed by atoms with Crippen molar-refractivity contribution in [2.24, 2.45) is 0 Å². The molecule has 0 radical (unpaired) electrons. The van der Waals surface area contributed by atoms with Gasteiger partial charge in [-0.2, -0.15) is 5.10 Å². The molecule has 6 nitrogen and oxygen atoms in total. The fourth-order valence-corrected chi connectivity index (χ4v) is 3.46. The normalized spacial score (nSPS) is 11.8. The molecule has 0 unspecified atom stereocenters. The highest BCUT2D eigenvalue weighted by Gasteiger charge is 2.16. The minimum atomic E-state index is -3.51. The number of aliphatic hydroxyl groups excluding tert-OH is 1. The van der Waals surface area contributed by atoms with Crippen LogP contribution in [0.25, 0.3) is 0 Å². The van der Waals surface area contributed by atoms with Crippen molar-refractivity contribution in [3.8, 4) is 0 Å². The second-order valence-electron chi connectivity index (χ2n) is 3.36. The quantitative estimate of drug-likeness (QED) is 0.736. The van der Waals surface area contributed by atoms with E-state index in [9.17, 15) is 8.42 Å². The van der Waals surface area contributed by atoms with Crippen molar-refractivity contribution in [2.45, 2.75) is 17.4 Å². The van der Waals surface area contributed by atoms with Crippen molar-refractivity contribution in [1.82, 2.24) is 14.9 Å². The monoisotopic (exact) mass is 273 g/mol. The van der Waals surface area contributed by atoms with Crippen molar-refractivity contribution < 1.29 is 13.5 Å². The Balaban J connectivity index is 2.08. The molecule has 0 fully saturated rings. The van der Waals surface area contributed by atoms with Gasteiger partial charge in [0.05, 0.1) is 12.8 Å². The van der Waals surface area contributed by atoms with Crippen LogP contribution in [0.5, 0.6) is 0 Å². The van der Waals surface area contributed by atoms with E-state index in [2.05, 4.69) is 14.9 Å². The molecule has 2 aromatic heterocycles. The second-order valence-corrected chi connectivity index (χ2v) is 6.27. The SMILES string of the molecule is O=S(=O)(NCc1cn[nH]c1)c1cc(CO)cs1. The van der Waals surface area contributed by atoms with Crippen LogP contribution in [0.4, 0.5) is 0 Å². The maximum absolute atomic E-state index is 11.8. The number of hydrogen-bond donors (Lipinski definition) is 3. The van der Waals surface area contributed by atoms with Crippen LogP contribution < -0.4 is 4.72 Å². The molecular formula is C9H11N3O3S2. The number of nitrogens with zero attached hydrogens (tertiary/aromatic N) is 1. The Labute approximate surface area is 102 Å². The molecule has 2 rings (SSSR count). The molecule has 8 heteroatoms. The maximum Gasteiger partial charge on any atom is 0.250 e. The first-order valence-corrected chi connectivity index (χ1v) is 7.13. The Morgan fingerprint density at radius 3 is 2.88 bits per heavy atom. The van der Waals surface area contributed by atoms with Gasteiger partial charge in [-0.25, -0.2) is 13.1 Å². The molecule has 0 aromatic carbocycles. The Bertz CT molecular complexity index is 574. The smallest absolute Gasteiger partial charge is 0.250 e. The zero-order valence-corrected chi connectivity index (χ0v) is 10.4. The first kappa shape index (κ1) is 12.2. The van der Waals surface area contributed by atoms with E-state index in [1.54, 1.807) is 17.8 Å². The highest BCUT2D eigenvalue weighted by Crippen LogP contribution is 2.20. The average Bonchev–Trinajstić information content (AvgIpc) is 2.98. The Hall–Kier alpha value is -1.22. The van der Waals surface area contributed by atoms with Crippen LogP contribution in [0.2, 0.25) is 0 Å². The van der Waals surface area contributed by atoms with E-state index >= 15 is 0 Å². The first-order valence-electron chi connectivity index (χ1n) is 4.77. The lowest BCUT2D eigenvalue weighted by atomic mass is 10.4. The highest BCUT2D eigenvalue weighted by atomic mass is 32.2. The predicted octanol–water partition coefficient (Wildman–Crippen LogP) is 0.442. The second kappa shape index (κ2) is 4.96. The summed E-state index contributed by atoms with van der Waals surface area (Å²) in [6.07, 6.45) is 3.17. The van der Waals surface area contributed by atoms with Gasteiger partial charge in [0.2, 0.25) is 10.0 Å². The van der Waals surface area contributed by atoms with Gasteiger partial charge in [0.1, 0.15) is 4.21 Å². The van der Waals surface area contributed by atoms with Crippen molar-refractivity contribution >= 4 is 21.4 Å². The molecule has 0 saturated heterocycles. The summed E-state index contributed by atoms with van der Waals surface area (Å²) in [4.78, 5) is 0. The number of H-pyrrole nitrogens is 1. The van der Waals surface area contributed by atoms with Gasteiger partial charge in [-0.05, 0) is 17.0 Å². The molecule has 17 heavy (non-hydrogen) atoms. The van der Waals surface area contributed by atoms with Gasteiger partial charge >= 0.3 is 0 Å². The minimum Gasteiger partial charge on any atom is -0.392 e. The fraction of sp³-hybridized carbons (Fsp3) is 0.222. The number of thiophene rings is 1. The lowest BCUT2D eigenvalue weighted by Gasteiger charge is -2.02. The summed E-state index contributed by atoms with van der Waals surface area (Å²) in [6.45, 7) is 0.0267. The lowest BCUT2D eigenvalue weighted by molar-refractivity contribution is 0.282. The molecule has 0 bridgehead atoms. The summed E-state index contributed by atoms with van der Waals surface area (Å²) < 4.78 is 26.3. The average molecular weight is 273 g/mol. The highest BCUT2D eigenvalue weighted by molar-refractivity contribution is 7.91. The van der Waals surface area contributed by atoms with E-state index < -0.39 is 10.0 Å². The van der Waals surface area contributed by atoms with Crippen LogP contribution in [0.1, 0.15) is 11.1 Å². The van der Waals surface area contributed by atoms with Gasteiger partial charge in [-0.3, -0.25) is 5.10 Å². The van der Waals surface area contributed by atoms with Crippen LogP contribution in [-0.4, -0.2) is 23.7 Å². The summed E-state index contributed by atoms with van der Waals surface area (Å²) >= 11 is 1.08. The molecule has 3 N–H and O–H groups in total. The summed E-state index contributed by atoms with van der Waals surface area (Å²) in [5, 5.41) is 16.8. The lowest BCUT2D eigenvalue weighted by Crippen LogP contribution is -2.22. The van der Waals surface area contributed by atoms with Gasteiger partial charge in [-0.1, -0.05) is 0 Å². The van der Waals surface area contributed by atoms with Crippen molar-refractivity contribution in [3.05, 3.63) is 35.0 Å². The van der Waals surface area contributed by atoms with Crippen molar-refractivity contribution in [1.29, 1.82) is 0 Å². The summed E-state index contributed by atoms with van der Waals surface area (Å²) in [5.74, 6) is 0. The Kier molecular flexibility index (Phi) is 3.57. The predicted molar refractivity (Wildman–Crippen MR) is 62.9 cm³/mol. The number of aliphatic hydroxyl groups is 1. The number of hydrogen-bond acceptors (Lipinski definition) is 5. The van der Waals surface area contributed by atoms with Gasteiger partial charge < -0.3 is 5.11 Å². The number of aromatic amines is 1. The number of sulfonamides is 1. The number of nitrogens with one attached hydrogen (secondary N) is 2. The molecule has 2 heterocycles. The molecule has 0 saturated carbocycles. The third kappa shape index (κ3) is 2.91. The number of rotatable bonds is 5. The van der Waals surface area contributed by atoms with E-state index in [4.69, 9.17) is 5.11 Å². The van der Waals surface area contributed by atoms with Crippen LogP contribution in [-0.2, 0) is 23.2 Å². The molecule has 0 aliphatic heterocycles. The standard InChI is InChI=1S/C9H11N3O3S2/c13-5-7-1-9(16-6-7)17(14,15)12-4-8-2-10-11-3-8/h1-3,6,12-13H,4-5H2,(H,10,11). The van der Waals surface area contributed by atoms with E-state index in [1.165, 1.54) is 6.07 Å². The van der Waals surface area contributed by atoms with Crippen molar-refractivity contribution in [2.75, 3.05) is 0 Å². The molecule has 2 aromatic rings. The fourth-order valence-electron chi connectivity index (χ4n) is 1.20. The van der Waals surface area contributed by atoms with E-state index in [0.29, 0.717) is 5.56 Å². The topological polar surface area (TPSA) is 95.1 Å². The summed E-state index contributed by atoms with van der Waals surface area (Å²) in [6, 6.07) is 1.46. The molecule has 0 spiro atoms. The molecule has 0 amide bonds. The van der Waals surface area contributed by atoms with Gasteiger partial charge in [0.15, 0.2) is 0 Å². The largest absolute Gasteiger partial charge is 0.392 e. The van der Waals surface area contributed by atoms with Gasteiger partial charge in [0, 0.05) is 18.3 Å². The van der Waals surface area contributed by atoms with E-state index in [1.807, 2.05) is 0 Å². The third-order valence-corrected chi connectivity index (χ3v) is 4.99. The van der Waals surface area contributed by atoms with Gasteiger partial charge in [0.25, 0.3) is 0 Å². The van der Waals surface area contributed by atoms with Crippen molar-refractivity contribution in [3.63, 3.8) is 0 Å². The van der Waals surface area contributed by atoms with E-state index in [0.717, 1.165) is 16.9 Å². The van der Waals surface area contributed by atoms with E-state index in [-0.39, 0.29) is 17.4 Å². The first-order chi connectivity index (χ1) is 8.12. The van der Waals surface area contributed by atoms with Crippen LogP contribution in [0.15, 0.2) is 28.0 Å². The van der Waals surface area contributed by atoms with Crippen LogP contribution in [0.3, 0.4) is 0 Å². The molecule has 0 atom stereocenters. The molecular weight excluding hydrogens is 262 g/mol. The van der Waals surface area contributed by atoms with Gasteiger partial charge in [-0.15, -0.1) is 11.3 Å². The summed E-state index contributed by atoms with van der Waals surface area (Å²) in [5.41, 5.74) is 1.35. The zero-order valence-electron chi connectivity index (χ0n) is 8.75. The number of aromatic nitrogens is 2. The molecule has 0 aliphatic rings. The van der Waals surface area contributed by atoms with Crippen LogP contribution >= 0.6 is 11.3 Å². The molecule has 92 valence electrons. The Morgan fingerprint density at radius 1 is 1.47 bits per heavy atom. The third-order valence-electron chi connectivity index (χ3n) is 2.10. The minimum absolute atomic E-state index is 0.159. The zero-order chi connectivity index (χ0) is 12.3.